The maximum atomic E-state index is 12.6. The summed E-state index contributed by atoms with van der Waals surface area (Å²) in [5, 5.41) is 10.1. The molecule has 1 aliphatic rings. The van der Waals surface area contributed by atoms with Gasteiger partial charge in [0, 0.05) is 13.1 Å². The Hall–Kier alpha value is -1.71. The fourth-order valence-corrected chi connectivity index (χ4v) is 2.74. The highest BCUT2D eigenvalue weighted by Gasteiger charge is 2.38. The largest absolute Gasteiger partial charge is 0.453 e. The number of fused-ring (bicyclic) bond motifs is 1. The van der Waals surface area contributed by atoms with Gasteiger partial charge in [-0.25, -0.2) is 0 Å². The lowest BCUT2D eigenvalue weighted by Crippen LogP contribution is -2.27. The van der Waals surface area contributed by atoms with Crippen molar-refractivity contribution < 1.29 is 18.0 Å². The molecule has 102 valence electrons. The van der Waals surface area contributed by atoms with Crippen LogP contribution in [0.3, 0.4) is 0 Å². The molecule has 0 atom stereocenters. The van der Waals surface area contributed by atoms with Crippen LogP contribution in [0.1, 0.15) is 28.5 Å². The molecule has 2 aromatic rings. The van der Waals surface area contributed by atoms with E-state index in [1.165, 1.54) is 0 Å². The van der Waals surface area contributed by atoms with Gasteiger partial charge in [-0.1, -0.05) is 11.3 Å². The summed E-state index contributed by atoms with van der Waals surface area (Å²) in [4.78, 5) is 13.6. The molecule has 0 N–H and O–H groups in total. The molecule has 3 rings (SSSR count). The Kier molecular flexibility index (Phi) is 2.69. The highest BCUT2D eigenvalue weighted by Crippen LogP contribution is 2.29. The Bertz CT molecular complexity index is 627. The first-order chi connectivity index (χ1) is 8.97. The molecule has 3 heterocycles. The molecule has 0 radical (unpaired) electrons. The number of hydrogen-bond acceptors (Lipinski definition) is 5. The van der Waals surface area contributed by atoms with Crippen molar-refractivity contribution in [1.82, 2.24) is 24.7 Å². The maximum Gasteiger partial charge on any atom is 0.453 e. The van der Waals surface area contributed by atoms with Gasteiger partial charge in [-0.3, -0.25) is 4.79 Å². The van der Waals surface area contributed by atoms with E-state index in [0.29, 0.717) is 17.6 Å². The zero-order valence-corrected chi connectivity index (χ0v) is 10.3. The van der Waals surface area contributed by atoms with Gasteiger partial charge in [-0.05, 0) is 12.8 Å². The predicted octanol–water partition coefficient (Wildman–Crippen LogP) is 1.44. The zero-order valence-electron chi connectivity index (χ0n) is 9.51. The van der Waals surface area contributed by atoms with Crippen molar-refractivity contribution >= 4 is 22.2 Å². The summed E-state index contributed by atoms with van der Waals surface area (Å²) in [5.41, 5.74) is 0. The second kappa shape index (κ2) is 4.15. The Morgan fingerprint density at radius 1 is 1.21 bits per heavy atom. The summed E-state index contributed by atoms with van der Waals surface area (Å²) in [6.07, 6.45) is -2.82. The van der Waals surface area contributed by atoms with E-state index in [-0.39, 0.29) is 15.9 Å². The number of aromatic nitrogens is 4. The second-order valence-corrected chi connectivity index (χ2v) is 5.08. The summed E-state index contributed by atoms with van der Waals surface area (Å²) >= 11 is 0.816. The van der Waals surface area contributed by atoms with Gasteiger partial charge in [0.25, 0.3) is 11.7 Å². The maximum absolute atomic E-state index is 12.6. The third-order valence-corrected chi connectivity index (χ3v) is 3.71. The van der Waals surface area contributed by atoms with Crippen molar-refractivity contribution in [3.05, 3.63) is 10.8 Å². The SMILES string of the molecule is O=C(c1nn2c(C(F)(F)F)nnc2s1)N1CCCC1. The first-order valence-corrected chi connectivity index (χ1v) is 6.37. The number of carbonyl (C=O) groups excluding carboxylic acids is 1. The van der Waals surface area contributed by atoms with Crippen LogP contribution in [-0.4, -0.2) is 43.7 Å². The number of halogens is 3. The lowest BCUT2D eigenvalue weighted by atomic mass is 10.4. The molecule has 2 aromatic heterocycles. The Balaban J connectivity index is 1.98. The van der Waals surface area contributed by atoms with E-state index in [1.54, 1.807) is 4.90 Å². The molecule has 0 unspecified atom stereocenters. The van der Waals surface area contributed by atoms with E-state index in [0.717, 1.165) is 24.2 Å². The predicted molar refractivity (Wildman–Crippen MR) is 58.8 cm³/mol. The van der Waals surface area contributed by atoms with Crippen molar-refractivity contribution in [2.24, 2.45) is 0 Å². The van der Waals surface area contributed by atoms with Crippen molar-refractivity contribution in [3.63, 3.8) is 0 Å². The van der Waals surface area contributed by atoms with Gasteiger partial charge < -0.3 is 4.90 Å². The van der Waals surface area contributed by atoms with Gasteiger partial charge in [-0.2, -0.15) is 17.7 Å². The van der Waals surface area contributed by atoms with Gasteiger partial charge in [0.15, 0.2) is 0 Å². The minimum absolute atomic E-state index is 0.0114. The van der Waals surface area contributed by atoms with Crippen LogP contribution in [-0.2, 0) is 6.18 Å². The molecule has 1 aliphatic heterocycles. The van der Waals surface area contributed by atoms with Crippen LogP contribution in [0.5, 0.6) is 0 Å². The molecule has 10 heteroatoms. The summed E-state index contributed by atoms with van der Waals surface area (Å²) in [5.74, 6) is -1.56. The number of carbonyl (C=O) groups is 1. The third kappa shape index (κ3) is 2.05. The summed E-state index contributed by atoms with van der Waals surface area (Å²) in [7, 11) is 0. The van der Waals surface area contributed by atoms with Crippen LogP contribution in [0.15, 0.2) is 0 Å². The zero-order chi connectivity index (χ0) is 13.6. The Labute approximate surface area is 108 Å². The van der Waals surface area contributed by atoms with Crippen LogP contribution in [0.25, 0.3) is 4.96 Å². The number of nitrogens with zero attached hydrogens (tertiary/aromatic N) is 5. The smallest absolute Gasteiger partial charge is 0.337 e. The van der Waals surface area contributed by atoms with Gasteiger partial charge in [0.1, 0.15) is 0 Å². The normalized spacial score (nSPS) is 16.5. The van der Waals surface area contributed by atoms with E-state index >= 15 is 0 Å². The molecule has 0 saturated carbocycles. The number of alkyl halides is 3. The minimum Gasteiger partial charge on any atom is -0.337 e. The highest BCUT2D eigenvalue weighted by atomic mass is 32.1. The molecule has 6 nitrogen and oxygen atoms in total. The molecule has 0 aliphatic carbocycles. The van der Waals surface area contributed by atoms with Crippen molar-refractivity contribution in [3.8, 4) is 0 Å². The fourth-order valence-electron chi connectivity index (χ4n) is 1.94. The highest BCUT2D eigenvalue weighted by molar-refractivity contribution is 7.18. The lowest BCUT2D eigenvalue weighted by molar-refractivity contribution is -0.146. The average molecular weight is 291 g/mol. The molecule has 0 bridgehead atoms. The number of rotatable bonds is 1. The molecular weight excluding hydrogens is 283 g/mol. The van der Waals surface area contributed by atoms with Crippen LogP contribution >= 0.6 is 11.3 Å². The molecule has 1 fully saturated rings. The van der Waals surface area contributed by atoms with Gasteiger partial charge in [-0.15, -0.1) is 15.3 Å². The summed E-state index contributed by atoms with van der Waals surface area (Å²) in [6, 6.07) is 0. The lowest BCUT2D eigenvalue weighted by Gasteiger charge is -2.12. The molecular formula is C9H8F3N5OS. The van der Waals surface area contributed by atoms with Crippen LogP contribution in [0.2, 0.25) is 0 Å². The first kappa shape index (κ1) is 12.3. The number of likely N-dealkylation sites (tertiary alicyclic amines) is 1. The molecule has 1 amide bonds. The topological polar surface area (TPSA) is 63.4 Å². The second-order valence-electron chi connectivity index (χ2n) is 4.12. The van der Waals surface area contributed by atoms with E-state index in [1.807, 2.05) is 0 Å². The van der Waals surface area contributed by atoms with Crippen molar-refractivity contribution in [2.75, 3.05) is 13.1 Å². The molecule has 19 heavy (non-hydrogen) atoms. The Morgan fingerprint density at radius 3 is 2.53 bits per heavy atom. The average Bonchev–Trinajstić information content (AvgIpc) is 3.02. The van der Waals surface area contributed by atoms with Crippen molar-refractivity contribution in [1.29, 1.82) is 0 Å². The fraction of sp³-hybridized carbons (Fsp3) is 0.556. The quantitative estimate of drug-likeness (QED) is 0.797. The van der Waals surface area contributed by atoms with Crippen LogP contribution < -0.4 is 0 Å². The van der Waals surface area contributed by atoms with E-state index in [4.69, 9.17) is 0 Å². The van der Waals surface area contributed by atoms with Crippen molar-refractivity contribution in [2.45, 2.75) is 19.0 Å². The first-order valence-electron chi connectivity index (χ1n) is 5.55. The Morgan fingerprint density at radius 2 is 1.89 bits per heavy atom. The van der Waals surface area contributed by atoms with Gasteiger partial charge in [0.2, 0.25) is 9.97 Å². The van der Waals surface area contributed by atoms with Crippen LogP contribution in [0, 0.1) is 0 Å². The summed E-state index contributed by atoms with van der Waals surface area (Å²) < 4.78 is 38.4. The number of hydrogen-bond donors (Lipinski definition) is 0. The number of amides is 1. The monoisotopic (exact) mass is 291 g/mol. The standard InChI is InChI=1S/C9H8F3N5OS/c10-9(11,12)7-13-14-8-17(7)15-5(19-8)6(18)16-3-1-2-4-16/h1-4H2. The van der Waals surface area contributed by atoms with E-state index in [2.05, 4.69) is 15.3 Å². The van der Waals surface area contributed by atoms with E-state index < -0.39 is 12.0 Å². The molecule has 0 spiro atoms. The molecule has 0 aromatic carbocycles. The summed E-state index contributed by atoms with van der Waals surface area (Å²) in [6.45, 7) is 1.23. The van der Waals surface area contributed by atoms with Crippen LogP contribution in [0.4, 0.5) is 13.2 Å². The minimum atomic E-state index is -4.64. The van der Waals surface area contributed by atoms with Gasteiger partial charge in [0.05, 0.1) is 0 Å². The third-order valence-electron chi connectivity index (χ3n) is 2.82. The molecule has 1 saturated heterocycles. The van der Waals surface area contributed by atoms with Gasteiger partial charge >= 0.3 is 6.18 Å². The van der Waals surface area contributed by atoms with E-state index in [9.17, 15) is 18.0 Å².